The molecule has 3 aromatic carbocycles. The highest BCUT2D eigenvalue weighted by Crippen LogP contribution is 2.37. The molecule has 1 unspecified atom stereocenters. The van der Waals surface area contributed by atoms with E-state index in [0.717, 1.165) is 55.9 Å². The summed E-state index contributed by atoms with van der Waals surface area (Å²) < 4.78 is 12.3. The zero-order valence-electron chi connectivity index (χ0n) is 22.9. The van der Waals surface area contributed by atoms with E-state index < -0.39 is 5.97 Å². The normalized spacial score (nSPS) is 11.6. The first-order valence-electron chi connectivity index (χ1n) is 13.9. The highest BCUT2D eigenvalue weighted by Gasteiger charge is 2.19. The van der Waals surface area contributed by atoms with Crippen molar-refractivity contribution >= 4 is 17.6 Å². The van der Waals surface area contributed by atoms with Gasteiger partial charge in [-0.05, 0) is 87.1 Å². The van der Waals surface area contributed by atoms with Gasteiger partial charge in [-0.2, -0.15) is 0 Å². The molecule has 0 aliphatic rings. The first kappa shape index (κ1) is 30.9. The van der Waals surface area contributed by atoms with Crippen molar-refractivity contribution in [3.05, 3.63) is 101 Å². The molecule has 6 nitrogen and oxygen atoms in total. The summed E-state index contributed by atoms with van der Waals surface area (Å²) in [6.07, 6.45) is 7.99. The average Bonchev–Trinajstić information content (AvgIpc) is 2.93. The quantitative estimate of drug-likeness (QED) is 0.105. The highest BCUT2D eigenvalue weighted by molar-refractivity contribution is 6.32. The summed E-state index contributed by atoms with van der Waals surface area (Å²) in [5, 5.41) is 29.1. The molecule has 7 heteroatoms. The number of phenols is 1. The van der Waals surface area contributed by atoms with Gasteiger partial charge in [0.1, 0.15) is 5.75 Å². The van der Waals surface area contributed by atoms with Gasteiger partial charge in [-0.15, -0.1) is 0 Å². The van der Waals surface area contributed by atoms with Crippen LogP contribution in [0.3, 0.4) is 0 Å². The van der Waals surface area contributed by atoms with Crippen molar-refractivity contribution in [2.75, 3.05) is 6.61 Å². The van der Waals surface area contributed by atoms with Crippen molar-refractivity contribution in [2.45, 2.75) is 70.3 Å². The number of aliphatic hydroxyl groups is 1. The molecule has 3 aromatic rings. The number of carboxylic acids is 1. The molecule has 0 saturated carbocycles. The van der Waals surface area contributed by atoms with E-state index in [1.54, 1.807) is 0 Å². The number of aryl methyl sites for hydroxylation is 2. The number of aromatic hydroxyl groups is 1. The maximum absolute atomic E-state index is 11.3. The third-order valence-electron chi connectivity index (χ3n) is 6.72. The molecule has 0 aromatic heterocycles. The van der Waals surface area contributed by atoms with Crippen LogP contribution in [0.2, 0.25) is 5.02 Å². The van der Waals surface area contributed by atoms with Gasteiger partial charge < -0.3 is 24.8 Å². The lowest BCUT2D eigenvalue weighted by molar-refractivity contribution is 0.0696. The number of aromatic carboxylic acids is 1. The van der Waals surface area contributed by atoms with Crippen molar-refractivity contribution in [1.82, 2.24) is 0 Å². The fourth-order valence-corrected chi connectivity index (χ4v) is 4.81. The van der Waals surface area contributed by atoms with Gasteiger partial charge in [0.15, 0.2) is 11.5 Å². The number of benzene rings is 3. The van der Waals surface area contributed by atoms with E-state index in [-0.39, 0.29) is 33.9 Å². The molecule has 0 aliphatic carbocycles. The highest BCUT2D eigenvalue weighted by atomic mass is 35.5. The van der Waals surface area contributed by atoms with Gasteiger partial charge in [0, 0.05) is 6.42 Å². The van der Waals surface area contributed by atoms with E-state index >= 15 is 0 Å². The number of phenolic OH excluding ortho intramolecular Hbond substituents is 1. The Morgan fingerprint density at radius 3 is 2.35 bits per heavy atom. The number of rotatable bonds is 18. The maximum Gasteiger partial charge on any atom is 0.335 e. The number of hydrogen-bond acceptors (Lipinski definition) is 5. The monoisotopic (exact) mass is 566 g/mol. The Labute approximate surface area is 241 Å². The lowest BCUT2D eigenvalue weighted by Gasteiger charge is -2.22. The summed E-state index contributed by atoms with van der Waals surface area (Å²) in [4.78, 5) is 11.3. The number of allylic oxidation sites excluding steroid dienone is 1. The van der Waals surface area contributed by atoms with Gasteiger partial charge in [-0.1, -0.05) is 66.7 Å². The van der Waals surface area contributed by atoms with E-state index in [1.807, 2.05) is 30.3 Å². The third-order valence-corrected chi connectivity index (χ3v) is 7.00. The fourth-order valence-electron chi connectivity index (χ4n) is 4.55. The van der Waals surface area contributed by atoms with Crippen LogP contribution in [0.5, 0.6) is 17.2 Å². The predicted molar refractivity (Wildman–Crippen MR) is 159 cm³/mol. The van der Waals surface area contributed by atoms with Crippen LogP contribution in [0, 0.1) is 0 Å². The number of para-hydroxylation sites is 1. The number of unbranched alkanes of at least 4 members (excludes halogenated alkanes) is 3. The molecule has 0 fully saturated rings. The second kappa shape index (κ2) is 16.5. The molecule has 1 atom stereocenters. The lowest BCUT2D eigenvalue weighted by Crippen LogP contribution is -2.18. The number of carbonyl (C=O) groups is 1. The van der Waals surface area contributed by atoms with Crippen LogP contribution >= 0.6 is 11.6 Å². The summed E-state index contributed by atoms with van der Waals surface area (Å²) in [5.74, 6) is -0.420. The standard InChI is InChI=1S/C33H39ClO6/c1-24(35)12-7-9-17-28(40-32-29(34)22-27(33(37)38)23-30(32)36)20-19-26-16-8-10-18-31(26)39-21-11-3-6-15-25-13-4-2-5-14-25/h2,4-5,8,10,13-14,16,18,22-23,28,35-36H,1,3,6-7,9,11-12,15,17,19-21H2,(H,37,38). The van der Waals surface area contributed by atoms with E-state index in [1.165, 1.54) is 11.6 Å². The summed E-state index contributed by atoms with van der Waals surface area (Å²) in [6.45, 7) is 4.19. The molecular weight excluding hydrogens is 528 g/mol. The van der Waals surface area contributed by atoms with Crippen molar-refractivity contribution in [1.29, 1.82) is 0 Å². The van der Waals surface area contributed by atoms with Gasteiger partial charge in [0.2, 0.25) is 0 Å². The van der Waals surface area contributed by atoms with Crippen LogP contribution in [-0.2, 0) is 12.8 Å². The molecule has 0 aliphatic heterocycles. The lowest BCUT2D eigenvalue weighted by atomic mass is 10.0. The summed E-state index contributed by atoms with van der Waals surface area (Å²) >= 11 is 6.28. The average molecular weight is 567 g/mol. The van der Waals surface area contributed by atoms with E-state index in [4.69, 9.17) is 21.1 Å². The Bertz CT molecular complexity index is 1200. The minimum atomic E-state index is -1.18. The maximum atomic E-state index is 11.3. The minimum Gasteiger partial charge on any atom is -0.513 e. The summed E-state index contributed by atoms with van der Waals surface area (Å²) in [5.41, 5.74) is 2.32. The van der Waals surface area contributed by atoms with Gasteiger partial charge in [-0.25, -0.2) is 4.79 Å². The number of halogens is 1. The third kappa shape index (κ3) is 10.5. The van der Waals surface area contributed by atoms with Crippen LogP contribution < -0.4 is 9.47 Å². The first-order valence-corrected chi connectivity index (χ1v) is 14.2. The Morgan fingerprint density at radius 2 is 1.62 bits per heavy atom. The van der Waals surface area contributed by atoms with Crippen molar-refractivity contribution in [3.8, 4) is 17.2 Å². The van der Waals surface area contributed by atoms with Crippen LogP contribution in [0.15, 0.2) is 79.1 Å². The van der Waals surface area contributed by atoms with E-state index in [9.17, 15) is 20.1 Å². The van der Waals surface area contributed by atoms with E-state index in [0.29, 0.717) is 32.3 Å². The minimum absolute atomic E-state index is 0.0436. The number of hydrogen-bond donors (Lipinski definition) is 3. The van der Waals surface area contributed by atoms with Crippen molar-refractivity contribution in [2.24, 2.45) is 0 Å². The fraction of sp³-hybridized carbons (Fsp3) is 0.364. The molecule has 0 bridgehead atoms. The SMILES string of the molecule is C=C(O)CCCCC(CCc1ccccc1OCCCCCc1ccccc1)Oc1c(O)cc(C(=O)O)cc1Cl. The van der Waals surface area contributed by atoms with Crippen molar-refractivity contribution in [3.63, 3.8) is 0 Å². The van der Waals surface area contributed by atoms with E-state index in [2.05, 4.69) is 30.8 Å². The zero-order chi connectivity index (χ0) is 28.7. The number of ether oxygens (including phenoxy) is 2. The van der Waals surface area contributed by atoms with Crippen LogP contribution in [-0.4, -0.2) is 34.0 Å². The second-order valence-electron chi connectivity index (χ2n) is 9.95. The molecule has 0 amide bonds. The second-order valence-corrected chi connectivity index (χ2v) is 10.4. The summed E-state index contributed by atoms with van der Waals surface area (Å²) in [7, 11) is 0. The molecule has 0 radical (unpaired) electrons. The number of carboxylic acid groups (broad SMARTS) is 1. The van der Waals surface area contributed by atoms with Crippen LogP contribution in [0.4, 0.5) is 0 Å². The number of aliphatic hydroxyl groups excluding tert-OH is 1. The Hall–Kier alpha value is -3.64. The Balaban J connectivity index is 1.57. The van der Waals surface area contributed by atoms with Crippen molar-refractivity contribution < 1.29 is 29.6 Å². The molecule has 3 rings (SSSR count). The molecule has 0 saturated heterocycles. The van der Waals surface area contributed by atoms with Gasteiger partial charge in [0.05, 0.1) is 29.1 Å². The van der Waals surface area contributed by atoms with Gasteiger partial charge in [-0.3, -0.25) is 0 Å². The zero-order valence-corrected chi connectivity index (χ0v) is 23.6. The summed E-state index contributed by atoms with van der Waals surface area (Å²) in [6, 6.07) is 20.9. The topological polar surface area (TPSA) is 96.2 Å². The van der Waals surface area contributed by atoms with Crippen LogP contribution in [0.25, 0.3) is 0 Å². The van der Waals surface area contributed by atoms with Crippen LogP contribution in [0.1, 0.15) is 72.9 Å². The van der Waals surface area contributed by atoms with Gasteiger partial charge in [0.25, 0.3) is 0 Å². The van der Waals surface area contributed by atoms with Gasteiger partial charge >= 0.3 is 5.97 Å². The molecule has 3 N–H and O–H groups in total. The predicted octanol–water partition coefficient (Wildman–Crippen LogP) is 8.55. The molecule has 0 spiro atoms. The molecule has 0 heterocycles. The molecule has 214 valence electrons. The Kier molecular flexibility index (Phi) is 12.7. The Morgan fingerprint density at radius 1 is 0.875 bits per heavy atom. The first-order chi connectivity index (χ1) is 19.3. The molecular formula is C33H39ClO6. The smallest absolute Gasteiger partial charge is 0.335 e. The largest absolute Gasteiger partial charge is 0.513 e. The molecule has 40 heavy (non-hydrogen) atoms.